The zero-order valence-corrected chi connectivity index (χ0v) is 31.0. The third kappa shape index (κ3) is 5.06. The number of aryl methyl sites for hydroxylation is 1. The monoisotopic (exact) mass is 721 g/mol. The molecule has 0 radical (unpaired) electrons. The fourth-order valence-electron chi connectivity index (χ4n) is 8.65. The Bertz CT molecular complexity index is 3080. The van der Waals surface area contributed by atoms with Gasteiger partial charge in [-0.1, -0.05) is 164 Å². The van der Waals surface area contributed by atoms with Crippen LogP contribution in [0.2, 0.25) is 0 Å². The number of hydrogen-bond acceptors (Lipinski definition) is 4. The number of rotatable bonds is 5. The minimum atomic E-state index is -0.206. The molecule has 260 valence electrons. The van der Waals surface area contributed by atoms with Crippen molar-refractivity contribution in [2.75, 3.05) is 10.2 Å². The summed E-state index contributed by atoms with van der Waals surface area (Å²) in [6.07, 6.45) is 1.83. The Hall–Kier alpha value is -6.75. The third-order valence-corrected chi connectivity index (χ3v) is 12.4. The van der Waals surface area contributed by atoms with Crippen molar-refractivity contribution >= 4 is 70.2 Å². The second kappa shape index (κ2) is 12.7. The van der Waals surface area contributed by atoms with Crippen molar-refractivity contribution < 1.29 is 0 Å². The number of aromatic nitrogens is 1. The molecule has 0 saturated carbocycles. The Morgan fingerprint density at radius 1 is 0.545 bits per heavy atom. The van der Waals surface area contributed by atoms with Crippen LogP contribution < -0.4 is 10.2 Å². The highest BCUT2D eigenvalue weighted by molar-refractivity contribution is 7.26. The highest BCUT2D eigenvalue weighted by atomic mass is 32.1. The molecule has 1 aliphatic rings. The molecule has 1 N–H and O–H groups in total. The first-order valence-corrected chi connectivity index (χ1v) is 19.6. The van der Waals surface area contributed by atoms with Gasteiger partial charge in [-0.2, -0.15) is 0 Å². The molecule has 8 aromatic carbocycles. The third-order valence-electron chi connectivity index (χ3n) is 11.2. The summed E-state index contributed by atoms with van der Waals surface area (Å²) < 4.78 is 2.46. The summed E-state index contributed by atoms with van der Waals surface area (Å²) in [4.78, 5) is 7.74. The number of fused-ring (bicyclic) bond motifs is 9. The summed E-state index contributed by atoms with van der Waals surface area (Å²) >= 11 is 1.85. The van der Waals surface area contributed by atoms with E-state index in [9.17, 15) is 0 Å². The molecular formula is C51H35N3S. The van der Waals surface area contributed by atoms with Gasteiger partial charge >= 0.3 is 0 Å². The van der Waals surface area contributed by atoms with E-state index in [-0.39, 0.29) is 6.17 Å². The lowest BCUT2D eigenvalue weighted by molar-refractivity contribution is 0.840. The molecule has 1 unspecified atom stereocenters. The Labute approximate surface area is 323 Å². The van der Waals surface area contributed by atoms with Gasteiger partial charge in [-0.25, -0.2) is 0 Å². The van der Waals surface area contributed by atoms with E-state index in [1.54, 1.807) is 0 Å². The van der Waals surface area contributed by atoms with Gasteiger partial charge in [0, 0.05) is 43.7 Å². The van der Waals surface area contributed by atoms with E-state index in [2.05, 4.69) is 193 Å². The lowest BCUT2D eigenvalue weighted by Crippen LogP contribution is -2.24. The average molecular weight is 722 g/mol. The lowest BCUT2D eigenvalue weighted by atomic mass is 9.95. The van der Waals surface area contributed by atoms with Crippen LogP contribution in [-0.4, -0.2) is 4.98 Å². The fraction of sp³-hybridized carbons (Fsp3) is 0.0392. The minimum Gasteiger partial charge on any atom is -0.359 e. The van der Waals surface area contributed by atoms with Crippen molar-refractivity contribution in [1.29, 1.82) is 0 Å². The maximum absolute atomic E-state index is 5.15. The van der Waals surface area contributed by atoms with Crippen LogP contribution >= 0.6 is 11.3 Å². The summed E-state index contributed by atoms with van der Waals surface area (Å²) in [5, 5.41) is 10.4. The van der Waals surface area contributed by atoms with E-state index in [1.165, 1.54) is 81.0 Å². The molecule has 0 spiro atoms. The first-order valence-electron chi connectivity index (χ1n) is 18.8. The number of hydrogen-bond donors (Lipinski definition) is 1. The van der Waals surface area contributed by atoms with E-state index >= 15 is 0 Å². The maximum Gasteiger partial charge on any atom is 0.132 e. The molecule has 2 aromatic heterocycles. The number of nitrogens with zero attached hydrogens (tertiary/aromatic N) is 2. The van der Waals surface area contributed by atoms with Gasteiger partial charge in [0.05, 0.1) is 27.3 Å². The first kappa shape index (κ1) is 31.7. The Morgan fingerprint density at radius 2 is 1.15 bits per heavy atom. The van der Waals surface area contributed by atoms with Gasteiger partial charge in [0.15, 0.2) is 0 Å². The molecule has 3 heterocycles. The molecule has 1 atom stereocenters. The first-order chi connectivity index (χ1) is 27.2. The Morgan fingerprint density at radius 3 is 1.85 bits per heavy atom. The van der Waals surface area contributed by atoms with Gasteiger partial charge in [-0.15, -0.1) is 11.3 Å². The number of benzene rings is 8. The van der Waals surface area contributed by atoms with Crippen LogP contribution in [0.25, 0.3) is 75.2 Å². The molecule has 3 nitrogen and oxygen atoms in total. The predicted molar refractivity (Wildman–Crippen MR) is 235 cm³/mol. The molecule has 0 saturated heterocycles. The maximum atomic E-state index is 5.15. The highest BCUT2D eigenvalue weighted by Crippen LogP contribution is 2.56. The molecule has 10 aromatic rings. The number of nitrogens with one attached hydrogen (secondary N) is 1. The van der Waals surface area contributed by atoms with Crippen LogP contribution in [-0.2, 0) is 0 Å². The summed E-state index contributed by atoms with van der Waals surface area (Å²) in [6.45, 7) is 2.22. The van der Waals surface area contributed by atoms with E-state index in [4.69, 9.17) is 4.98 Å². The smallest absolute Gasteiger partial charge is 0.132 e. The van der Waals surface area contributed by atoms with Crippen molar-refractivity contribution in [2.24, 2.45) is 0 Å². The summed E-state index contributed by atoms with van der Waals surface area (Å²) in [5.41, 5.74) is 14.1. The van der Waals surface area contributed by atoms with Crippen molar-refractivity contribution in [3.63, 3.8) is 0 Å². The molecular weight excluding hydrogens is 687 g/mol. The van der Waals surface area contributed by atoms with Gasteiger partial charge in [0.1, 0.15) is 6.17 Å². The van der Waals surface area contributed by atoms with E-state index in [1.807, 2.05) is 17.5 Å². The Kier molecular flexibility index (Phi) is 7.32. The number of thiophene rings is 1. The summed E-state index contributed by atoms with van der Waals surface area (Å²) in [5.74, 6) is 0. The van der Waals surface area contributed by atoms with Crippen LogP contribution in [0.3, 0.4) is 0 Å². The largest absolute Gasteiger partial charge is 0.359 e. The van der Waals surface area contributed by atoms with Crippen molar-refractivity contribution in [3.8, 4) is 33.4 Å². The quantitative estimate of drug-likeness (QED) is 0.179. The van der Waals surface area contributed by atoms with E-state index in [0.717, 1.165) is 22.5 Å². The van der Waals surface area contributed by atoms with E-state index < -0.39 is 0 Å². The van der Waals surface area contributed by atoms with Crippen LogP contribution in [0.15, 0.2) is 182 Å². The van der Waals surface area contributed by atoms with Crippen molar-refractivity contribution in [1.82, 2.24) is 4.98 Å². The molecule has 11 rings (SSSR count). The van der Waals surface area contributed by atoms with Gasteiger partial charge < -0.3 is 10.2 Å². The second-order valence-electron chi connectivity index (χ2n) is 14.4. The Balaban J connectivity index is 1.22. The molecule has 4 heteroatoms. The number of anilines is 3. The average Bonchev–Trinajstić information content (AvgIpc) is 3.85. The predicted octanol–water partition coefficient (Wildman–Crippen LogP) is 14.3. The number of pyridine rings is 1. The summed E-state index contributed by atoms with van der Waals surface area (Å²) in [6, 6.07) is 63.8. The van der Waals surface area contributed by atoms with Crippen molar-refractivity contribution in [3.05, 3.63) is 193 Å². The zero-order chi connectivity index (χ0) is 36.5. The second-order valence-corrected chi connectivity index (χ2v) is 15.5. The molecule has 0 aliphatic carbocycles. The van der Waals surface area contributed by atoms with Crippen LogP contribution in [0, 0.1) is 6.92 Å². The van der Waals surface area contributed by atoms with Crippen LogP contribution in [0.4, 0.5) is 17.1 Å². The molecule has 0 bridgehead atoms. The summed E-state index contributed by atoms with van der Waals surface area (Å²) in [7, 11) is 0. The standard InChI is InChI=1S/C51H35N3S/c1-32-25-27-43(50-46(32)48-45(55-50)30-37(31-52-48)34-17-7-3-8-18-34)51-53-47-41-23-13-11-21-39(41)40-22-12-14-24-42(40)49(47)54(51)44-29-36(33-15-5-2-6-16-33)26-28-38(44)35-19-9-4-10-20-35/h2-31,51,53H,1H3. The van der Waals surface area contributed by atoms with Crippen molar-refractivity contribution in [2.45, 2.75) is 13.1 Å². The highest BCUT2D eigenvalue weighted by Gasteiger charge is 2.37. The topological polar surface area (TPSA) is 28.2 Å². The molecule has 55 heavy (non-hydrogen) atoms. The van der Waals surface area contributed by atoms with Gasteiger partial charge in [-0.3, -0.25) is 4.98 Å². The minimum absolute atomic E-state index is 0.206. The van der Waals surface area contributed by atoms with Crippen LogP contribution in [0.5, 0.6) is 0 Å². The normalized spacial score (nSPS) is 13.8. The van der Waals surface area contributed by atoms with Crippen LogP contribution in [0.1, 0.15) is 17.3 Å². The molecule has 0 amide bonds. The molecule has 1 aliphatic heterocycles. The van der Waals surface area contributed by atoms with E-state index in [0.29, 0.717) is 0 Å². The zero-order valence-electron chi connectivity index (χ0n) is 30.2. The molecule has 0 fully saturated rings. The lowest BCUT2D eigenvalue weighted by Gasteiger charge is -2.31. The van der Waals surface area contributed by atoms with Gasteiger partial charge in [0.2, 0.25) is 0 Å². The van der Waals surface area contributed by atoms with Gasteiger partial charge in [-0.05, 0) is 57.6 Å². The van der Waals surface area contributed by atoms with Gasteiger partial charge in [0.25, 0.3) is 0 Å². The SMILES string of the molecule is Cc1ccc(C2Nc3c(c4ccccc4c4ccccc34)N2c2cc(-c3ccccc3)ccc2-c2ccccc2)c2sc3cc(-c4ccccc4)cnc3c12. The fourth-order valence-corrected chi connectivity index (χ4v) is 9.97.